The van der Waals surface area contributed by atoms with Crippen LogP contribution < -0.4 is 20.1 Å². The van der Waals surface area contributed by atoms with Gasteiger partial charge in [0, 0.05) is 17.5 Å². The molecule has 2 amide bonds. The number of benzene rings is 2. The quantitative estimate of drug-likeness (QED) is 0.790. The van der Waals surface area contributed by atoms with Crippen LogP contribution in [0.5, 0.6) is 11.5 Å². The van der Waals surface area contributed by atoms with E-state index in [0.717, 1.165) is 5.56 Å². The predicted octanol–water partition coefficient (Wildman–Crippen LogP) is 2.93. The molecule has 2 N–H and O–H groups in total. The summed E-state index contributed by atoms with van der Waals surface area (Å²) in [5, 5.41) is 4.84. The third-order valence-electron chi connectivity index (χ3n) is 4.39. The van der Waals surface area contributed by atoms with Gasteiger partial charge in [0.25, 0.3) is 0 Å². The van der Waals surface area contributed by atoms with E-state index in [1.165, 1.54) is 42.1 Å². The van der Waals surface area contributed by atoms with Crippen molar-refractivity contribution >= 4 is 29.3 Å². The first-order valence-corrected chi connectivity index (χ1v) is 9.71. The fourth-order valence-corrected chi connectivity index (χ4v) is 4.17. The smallest absolute Gasteiger partial charge is 0.395 e. The number of thioether (sulfide) groups is 1. The lowest BCUT2D eigenvalue weighted by Gasteiger charge is -2.28. The van der Waals surface area contributed by atoms with Crippen LogP contribution >= 0.6 is 11.8 Å². The average molecular weight is 424 g/mol. The third kappa shape index (κ3) is 4.42. The van der Waals surface area contributed by atoms with Crippen molar-refractivity contribution in [2.75, 3.05) is 11.1 Å². The maximum atomic E-state index is 13.1. The topological polar surface area (TPSA) is 76.7 Å². The van der Waals surface area contributed by atoms with E-state index in [0.29, 0.717) is 12.2 Å². The van der Waals surface area contributed by atoms with Crippen LogP contribution in [0.15, 0.2) is 42.5 Å². The molecule has 29 heavy (non-hydrogen) atoms. The maximum absolute atomic E-state index is 13.1. The second-order valence-corrected chi connectivity index (χ2v) is 7.77. The molecule has 0 unspecified atom stereocenters. The summed E-state index contributed by atoms with van der Waals surface area (Å²) in [7, 11) is 0. The molecule has 0 bridgehead atoms. The summed E-state index contributed by atoms with van der Waals surface area (Å²) in [6.45, 7) is 0. The molecule has 1 fully saturated rings. The van der Waals surface area contributed by atoms with Gasteiger partial charge in [-0.15, -0.1) is 20.5 Å². The van der Waals surface area contributed by atoms with Gasteiger partial charge in [0.05, 0.1) is 5.25 Å². The van der Waals surface area contributed by atoms with Crippen LogP contribution in [0.3, 0.4) is 0 Å². The Labute approximate surface area is 167 Å². The van der Waals surface area contributed by atoms with Gasteiger partial charge in [-0.3, -0.25) is 9.59 Å². The lowest BCUT2D eigenvalue weighted by atomic mass is 10.1. The van der Waals surface area contributed by atoms with Crippen molar-refractivity contribution in [2.45, 2.75) is 24.0 Å². The second kappa shape index (κ2) is 7.51. The van der Waals surface area contributed by atoms with Crippen molar-refractivity contribution in [3.05, 3.63) is 53.8 Å². The molecule has 10 heteroatoms. The molecule has 2 atom stereocenters. The number of amides is 2. The molecule has 2 heterocycles. The van der Waals surface area contributed by atoms with Crippen molar-refractivity contribution in [2.24, 2.45) is 0 Å². The molecule has 1 saturated heterocycles. The van der Waals surface area contributed by atoms with Crippen LogP contribution in [-0.2, 0) is 16.0 Å². The van der Waals surface area contributed by atoms with Crippen LogP contribution in [-0.4, -0.2) is 35.2 Å². The number of carbonyl (C=O) groups is 2. The van der Waals surface area contributed by atoms with Gasteiger partial charge in [0.15, 0.2) is 11.5 Å². The molecular weight excluding hydrogens is 409 g/mol. The Hall–Kier alpha value is -2.88. The summed E-state index contributed by atoms with van der Waals surface area (Å²) < 4.78 is 47.8. The zero-order chi connectivity index (χ0) is 20.6. The van der Waals surface area contributed by atoms with Crippen LogP contribution in [0.1, 0.15) is 5.56 Å². The van der Waals surface area contributed by atoms with E-state index in [2.05, 4.69) is 20.1 Å². The van der Waals surface area contributed by atoms with Gasteiger partial charge in [0.1, 0.15) is 11.9 Å². The van der Waals surface area contributed by atoms with E-state index in [-0.39, 0.29) is 28.9 Å². The van der Waals surface area contributed by atoms with Gasteiger partial charge >= 0.3 is 6.29 Å². The number of halogens is 3. The Morgan fingerprint density at radius 2 is 1.90 bits per heavy atom. The molecule has 0 radical (unpaired) electrons. The molecule has 0 aromatic heterocycles. The third-order valence-corrected chi connectivity index (χ3v) is 5.70. The highest BCUT2D eigenvalue weighted by Gasteiger charge is 2.43. The predicted molar refractivity (Wildman–Crippen MR) is 99.6 cm³/mol. The van der Waals surface area contributed by atoms with Crippen molar-refractivity contribution in [1.82, 2.24) is 5.32 Å². The lowest BCUT2D eigenvalue weighted by Crippen LogP contribution is -2.52. The minimum Gasteiger partial charge on any atom is -0.395 e. The molecule has 2 aliphatic rings. The number of hydrogen-bond donors (Lipinski definition) is 2. The van der Waals surface area contributed by atoms with Gasteiger partial charge in [-0.1, -0.05) is 12.1 Å². The Morgan fingerprint density at radius 1 is 1.17 bits per heavy atom. The normalized spacial score (nSPS) is 22.1. The van der Waals surface area contributed by atoms with Crippen molar-refractivity contribution < 1.29 is 32.2 Å². The molecule has 2 aromatic rings. The Bertz CT molecular complexity index is 955. The highest BCUT2D eigenvalue weighted by atomic mass is 32.2. The molecule has 4 rings (SSSR count). The summed E-state index contributed by atoms with van der Waals surface area (Å²) >= 11 is 1.33. The number of anilines is 1. The van der Waals surface area contributed by atoms with E-state index in [4.69, 9.17) is 0 Å². The van der Waals surface area contributed by atoms with E-state index in [9.17, 15) is 22.8 Å². The fraction of sp³-hybridized carbons (Fsp3) is 0.263. The number of fused-ring (bicyclic) bond motifs is 1. The summed E-state index contributed by atoms with van der Waals surface area (Å²) in [4.78, 5) is 24.8. The van der Waals surface area contributed by atoms with Crippen LogP contribution in [0.2, 0.25) is 0 Å². The number of hydrogen-bond acceptors (Lipinski definition) is 5. The molecule has 6 nitrogen and oxygen atoms in total. The van der Waals surface area contributed by atoms with E-state index >= 15 is 0 Å². The molecule has 0 aliphatic carbocycles. The van der Waals surface area contributed by atoms with Crippen LogP contribution in [0.25, 0.3) is 0 Å². The standard InChI is InChI=1S/C19H15F3N2O4S/c20-11-3-1-10(2-4-11)7-16-18(26)24-13(9-29-16)17(25)23-12-5-6-14-15(8-12)28-19(21,22)27-14/h1-6,8,13,16H,7,9H2,(H,23,25)(H,24,26)/t13-,16+/m1/s1. The monoisotopic (exact) mass is 424 g/mol. The lowest BCUT2D eigenvalue weighted by molar-refractivity contribution is -0.286. The number of alkyl halides is 2. The largest absolute Gasteiger partial charge is 0.586 e. The maximum Gasteiger partial charge on any atom is 0.586 e. The van der Waals surface area contributed by atoms with Gasteiger partial charge in [0.2, 0.25) is 11.8 Å². The second-order valence-electron chi connectivity index (χ2n) is 6.53. The first-order valence-electron chi connectivity index (χ1n) is 8.66. The Morgan fingerprint density at radius 3 is 2.62 bits per heavy atom. The van der Waals surface area contributed by atoms with Crippen LogP contribution in [0, 0.1) is 5.82 Å². The molecule has 2 aliphatic heterocycles. The molecule has 152 valence electrons. The van der Waals surface area contributed by atoms with Gasteiger partial charge in [-0.05, 0) is 36.2 Å². The molecular formula is C19H15F3N2O4S. The van der Waals surface area contributed by atoms with E-state index in [1.807, 2.05) is 0 Å². The molecule has 0 saturated carbocycles. The van der Waals surface area contributed by atoms with Crippen LogP contribution in [0.4, 0.5) is 18.9 Å². The number of ether oxygens (including phenoxy) is 2. The average Bonchev–Trinajstić information content (AvgIpc) is 2.98. The minimum atomic E-state index is -3.74. The van der Waals surface area contributed by atoms with E-state index in [1.54, 1.807) is 12.1 Å². The number of rotatable bonds is 4. The van der Waals surface area contributed by atoms with Crippen molar-refractivity contribution in [3.63, 3.8) is 0 Å². The molecule has 2 aromatic carbocycles. The summed E-state index contributed by atoms with van der Waals surface area (Å²) in [6, 6.07) is 9.01. The van der Waals surface area contributed by atoms with Gasteiger partial charge in [-0.2, -0.15) is 0 Å². The SMILES string of the molecule is O=C1N[C@@H](C(=O)Nc2ccc3c(c2)OC(F)(F)O3)CS[C@H]1Cc1ccc(F)cc1. The fourth-order valence-electron chi connectivity index (χ4n) is 2.98. The van der Waals surface area contributed by atoms with Gasteiger partial charge in [-0.25, -0.2) is 4.39 Å². The van der Waals surface area contributed by atoms with Gasteiger partial charge < -0.3 is 20.1 Å². The highest BCUT2D eigenvalue weighted by molar-refractivity contribution is 8.00. The summed E-state index contributed by atoms with van der Waals surface area (Å²) in [5.74, 6) is -1.09. The number of nitrogens with one attached hydrogen (secondary N) is 2. The number of carbonyl (C=O) groups excluding carboxylic acids is 2. The summed E-state index contributed by atoms with van der Waals surface area (Å²) in [6.07, 6.45) is -3.32. The first kappa shape index (κ1) is 19.4. The zero-order valence-electron chi connectivity index (χ0n) is 14.8. The zero-order valence-corrected chi connectivity index (χ0v) is 15.6. The van der Waals surface area contributed by atoms with Crippen molar-refractivity contribution in [1.29, 1.82) is 0 Å². The van der Waals surface area contributed by atoms with E-state index < -0.39 is 23.5 Å². The highest BCUT2D eigenvalue weighted by Crippen LogP contribution is 2.42. The Balaban J connectivity index is 1.34. The summed E-state index contributed by atoms with van der Waals surface area (Å²) in [5.41, 5.74) is 1.06. The minimum absolute atomic E-state index is 0.127. The molecule has 0 spiro atoms. The Kier molecular flexibility index (Phi) is 5.03. The van der Waals surface area contributed by atoms with Crippen molar-refractivity contribution in [3.8, 4) is 11.5 Å². The first-order chi connectivity index (χ1) is 13.8.